The smallest absolute Gasteiger partial charge is 0.320 e. The molecule has 1 aromatic carbocycles. The minimum atomic E-state index is -1.05. The molecule has 0 aliphatic rings. The number of hydrogen-bond acceptors (Lipinski definition) is 5. The first kappa shape index (κ1) is 13.7. The van der Waals surface area contributed by atoms with Gasteiger partial charge in [0.2, 0.25) is 0 Å². The standard InChI is InChI=1S/C10H10N2O3S.ClH/c11-6(10(14)15)1-5-2-7(13)9-8(3-5)16-4-12-9;/h2-4,6,13H,1,11H2,(H,14,15);1H/t6-;/m0./s1. The highest BCUT2D eigenvalue weighted by Gasteiger charge is 2.14. The van der Waals surface area contributed by atoms with Gasteiger partial charge in [-0.25, -0.2) is 4.98 Å². The second-order valence-corrected chi connectivity index (χ2v) is 4.35. The lowest BCUT2D eigenvalue weighted by molar-refractivity contribution is -0.138. The van der Waals surface area contributed by atoms with Crippen LogP contribution in [-0.4, -0.2) is 27.2 Å². The number of carbonyl (C=O) groups is 1. The van der Waals surface area contributed by atoms with Gasteiger partial charge < -0.3 is 15.9 Å². The molecule has 1 atom stereocenters. The summed E-state index contributed by atoms with van der Waals surface area (Å²) in [6.45, 7) is 0. The Hall–Kier alpha value is -1.37. The minimum Gasteiger partial charge on any atom is -0.506 e. The van der Waals surface area contributed by atoms with E-state index in [1.165, 1.54) is 17.4 Å². The number of fused-ring (bicyclic) bond motifs is 1. The number of thiazole rings is 1. The van der Waals surface area contributed by atoms with Gasteiger partial charge in [-0.1, -0.05) is 0 Å². The molecule has 0 amide bonds. The van der Waals surface area contributed by atoms with E-state index in [9.17, 15) is 9.90 Å². The lowest BCUT2D eigenvalue weighted by atomic mass is 10.1. The predicted octanol–water partition coefficient (Wildman–Crippen LogP) is 1.38. The molecule has 0 aliphatic heterocycles. The maximum absolute atomic E-state index is 10.6. The van der Waals surface area contributed by atoms with Crippen molar-refractivity contribution in [2.75, 3.05) is 0 Å². The number of nitrogens with zero attached hydrogens (tertiary/aromatic N) is 1. The van der Waals surface area contributed by atoms with E-state index >= 15 is 0 Å². The lowest BCUT2D eigenvalue weighted by Crippen LogP contribution is -2.32. The molecule has 92 valence electrons. The van der Waals surface area contributed by atoms with Gasteiger partial charge in [0, 0.05) is 0 Å². The van der Waals surface area contributed by atoms with E-state index < -0.39 is 12.0 Å². The highest BCUT2D eigenvalue weighted by atomic mass is 35.5. The van der Waals surface area contributed by atoms with E-state index in [-0.39, 0.29) is 24.6 Å². The zero-order chi connectivity index (χ0) is 11.7. The van der Waals surface area contributed by atoms with Gasteiger partial charge in [-0.05, 0) is 24.1 Å². The maximum atomic E-state index is 10.6. The van der Waals surface area contributed by atoms with Crippen molar-refractivity contribution in [3.05, 3.63) is 23.2 Å². The molecule has 7 heteroatoms. The molecule has 1 aromatic heterocycles. The fourth-order valence-electron chi connectivity index (χ4n) is 1.46. The molecule has 17 heavy (non-hydrogen) atoms. The van der Waals surface area contributed by atoms with Crippen LogP contribution in [-0.2, 0) is 11.2 Å². The molecule has 2 aromatic rings. The van der Waals surface area contributed by atoms with Crippen LogP contribution in [0.3, 0.4) is 0 Å². The molecule has 0 spiro atoms. The van der Waals surface area contributed by atoms with Gasteiger partial charge >= 0.3 is 5.97 Å². The highest BCUT2D eigenvalue weighted by Crippen LogP contribution is 2.28. The van der Waals surface area contributed by atoms with Crippen molar-refractivity contribution in [3.8, 4) is 5.75 Å². The van der Waals surface area contributed by atoms with Crippen LogP contribution in [0.25, 0.3) is 10.2 Å². The molecule has 0 aliphatic carbocycles. The van der Waals surface area contributed by atoms with Crippen LogP contribution in [0.15, 0.2) is 17.6 Å². The second kappa shape index (κ2) is 5.31. The molecule has 0 bridgehead atoms. The Kier molecular flexibility index (Phi) is 4.28. The molecule has 4 N–H and O–H groups in total. The van der Waals surface area contributed by atoms with E-state index in [1.807, 2.05) is 0 Å². The highest BCUT2D eigenvalue weighted by molar-refractivity contribution is 7.16. The SMILES string of the molecule is Cl.N[C@@H](Cc1cc(O)c2ncsc2c1)C(=O)O. The number of aromatic hydroxyl groups is 1. The Labute approximate surface area is 107 Å². The quantitative estimate of drug-likeness (QED) is 0.786. The molecule has 0 unspecified atom stereocenters. The number of benzene rings is 1. The van der Waals surface area contributed by atoms with Crippen LogP contribution in [0.2, 0.25) is 0 Å². The third-order valence-corrected chi connectivity index (χ3v) is 3.02. The number of nitrogens with two attached hydrogens (primary N) is 1. The Balaban J connectivity index is 0.00000144. The molecule has 0 saturated heterocycles. The summed E-state index contributed by atoms with van der Waals surface area (Å²) < 4.78 is 0.826. The molecule has 2 rings (SSSR count). The van der Waals surface area contributed by atoms with Crippen molar-refractivity contribution >= 4 is 39.9 Å². The van der Waals surface area contributed by atoms with Gasteiger partial charge in [-0.3, -0.25) is 4.79 Å². The topological polar surface area (TPSA) is 96.4 Å². The van der Waals surface area contributed by atoms with Crippen molar-refractivity contribution in [2.24, 2.45) is 5.73 Å². The van der Waals surface area contributed by atoms with E-state index in [4.69, 9.17) is 10.8 Å². The predicted molar refractivity (Wildman–Crippen MR) is 67.8 cm³/mol. The van der Waals surface area contributed by atoms with Gasteiger partial charge in [0.1, 0.15) is 17.3 Å². The van der Waals surface area contributed by atoms with Gasteiger partial charge in [-0.15, -0.1) is 23.7 Å². The van der Waals surface area contributed by atoms with Crippen molar-refractivity contribution in [2.45, 2.75) is 12.5 Å². The normalized spacial score (nSPS) is 12.1. The lowest BCUT2D eigenvalue weighted by Gasteiger charge is -2.06. The zero-order valence-corrected chi connectivity index (χ0v) is 10.3. The maximum Gasteiger partial charge on any atom is 0.320 e. The van der Waals surface area contributed by atoms with Crippen LogP contribution in [0.4, 0.5) is 0 Å². The number of carboxylic acid groups (broad SMARTS) is 1. The fourth-order valence-corrected chi connectivity index (χ4v) is 2.22. The van der Waals surface area contributed by atoms with E-state index in [1.54, 1.807) is 11.6 Å². The summed E-state index contributed by atoms with van der Waals surface area (Å²) >= 11 is 1.39. The Morgan fingerprint density at radius 1 is 1.53 bits per heavy atom. The summed E-state index contributed by atoms with van der Waals surface area (Å²) in [7, 11) is 0. The van der Waals surface area contributed by atoms with Crippen LogP contribution in [0, 0.1) is 0 Å². The first-order valence-electron chi connectivity index (χ1n) is 4.61. The van der Waals surface area contributed by atoms with Gasteiger partial charge in [-0.2, -0.15) is 0 Å². The number of halogens is 1. The van der Waals surface area contributed by atoms with Crippen molar-refractivity contribution in [1.29, 1.82) is 0 Å². The van der Waals surface area contributed by atoms with Gasteiger partial charge in [0.05, 0.1) is 10.2 Å². The number of phenols is 1. The Morgan fingerprint density at radius 2 is 2.24 bits per heavy atom. The van der Waals surface area contributed by atoms with Crippen LogP contribution >= 0.6 is 23.7 Å². The number of aromatic nitrogens is 1. The first-order valence-corrected chi connectivity index (χ1v) is 5.49. The summed E-state index contributed by atoms with van der Waals surface area (Å²) in [6, 6.07) is 2.35. The minimum absolute atomic E-state index is 0. The molecule has 0 radical (unpaired) electrons. The average molecular weight is 275 g/mol. The fraction of sp³-hybridized carbons (Fsp3) is 0.200. The zero-order valence-electron chi connectivity index (χ0n) is 8.66. The molecule has 1 heterocycles. The summed E-state index contributed by atoms with van der Waals surface area (Å²) in [4.78, 5) is 14.6. The average Bonchev–Trinajstić information content (AvgIpc) is 2.65. The van der Waals surface area contributed by atoms with Crippen molar-refractivity contribution < 1.29 is 15.0 Å². The van der Waals surface area contributed by atoms with Gasteiger partial charge in [0.15, 0.2) is 0 Å². The second-order valence-electron chi connectivity index (χ2n) is 3.46. The van der Waals surface area contributed by atoms with Crippen molar-refractivity contribution in [3.63, 3.8) is 0 Å². The third kappa shape index (κ3) is 2.85. The summed E-state index contributed by atoms with van der Waals surface area (Å²) in [6.07, 6.45) is 0.191. The largest absolute Gasteiger partial charge is 0.506 e. The summed E-state index contributed by atoms with van der Waals surface area (Å²) in [5, 5.41) is 18.3. The Morgan fingerprint density at radius 3 is 2.88 bits per heavy atom. The third-order valence-electron chi connectivity index (χ3n) is 2.25. The monoisotopic (exact) mass is 274 g/mol. The molecule has 5 nitrogen and oxygen atoms in total. The molecule has 0 saturated carbocycles. The van der Waals surface area contributed by atoms with Crippen LogP contribution < -0.4 is 5.73 Å². The van der Waals surface area contributed by atoms with Gasteiger partial charge in [0.25, 0.3) is 0 Å². The molecular weight excluding hydrogens is 264 g/mol. The number of phenolic OH excluding ortho intramolecular Hbond substituents is 1. The van der Waals surface area contributed by atoms with Crippen LogP contribution in [0.5, 0.6) is 5.75 Å². The summed E-state index contributed by atoms with van der Waals surface area (Å²) in [5.74, 6) is -0.991. The van der Waals surface area contributed by atoms with E-state index in [0.29, 0.717) is 11.1 Å². The number of aliphatic carboxylic acids is 1. The number of rotatable bonds is 3. The van der Waals surface area contributed by atoms with Crippen LogP contribution in [0.1, 0.15) is 5.56 Å². The van der Waals surface area contributed by atoms with E-state index in [0.717, 1.165) is 4.70 Å². The Bertz CT molecular complexity index is 543. The number of hydrogen-bond donors (Lipinski definition) is 3. The molecular formula is C10H11ClN2O3S. The number of carboxylic acids is 1. The molecule has 0 fully saturated rings. The van der Waals surface area contributed by atoms with Crippen molar-refractivity contribution in [1.82, 2.24) is 4.98 Å². The van der Waals surface area contributed by atoms with E-state index in [2.05, 4.69) is 4.98 Å². The first-order chi connectivity index (χ1) is 7.58. The summed E-state index contributed by atoms with van der Waals surface area (Å²) in [5.41, 5.74) is 8.29.